The molecule has 26 heavy (non-hydrogen) atoms. The molecule has 0 aromatic heterocycles. The molecule has 5 heteroatoms. The molecule has 4 rings (SSSR count). The van der Waals surface area contributed by atoms with Crippen LogP contribution in [0.5, 0.6) is 0 Å². The normalized spacial score (nSPS) is 19.1. The van der Waals surface area contributed by atoms with E-state index in [2.05, 4.69) is 35.8 Å². The highest BCUT2D eigenvalue weighted by Gasteiger charge is 2.35. The molecule has 2 aliphatic heterocycles. The van der Waals surface area contributed by atoms with Gasteiger partial charge in [-0.15, -0.1) is 0 Å². The lowest BCUT2D eigenvalue weighted by Crippen LogP contribution is -2.39. The van der Waals surface area contributed by atoms with Crippen LogP contribution in [0.2, 0.25) is 0 Å². The summed E-state index contributed by atoms with van der Waals surface area (Å²) in [7, 11) is 0. The molecule has 2 heterocycles. The molecule has 0 amide bonds. The molecule has 0 spiro atoms. The van der Waals surface area contributed by atoms with Gasteiger partial charge >= 0.3 is 6.18 Å². The van der Waals surface area contributed by atoms with Gasteiger partial charge in [0.2, 0.25) is 0 Å². The first-order chi connectivity index (χ1) is 12.2. The van der Waals surface area contributed by atoms with Crippen molar-refractivity contribution < 1.29 is 13.2 Å². The van der Waals surface area contributed by atoms with E-state index in [1.807, 2.05) is 12.1 Å². The van der Waals surface area contributed by atoms with Gasteiger partial charge in [-0.05, 0) is 60.2 Å². The number of hydrogen-bond donors (Lipinski definition) is 0. The first-order valence-electron chi connectivity index (χ1n) is 9.06. The topological polar surface area (TPSA) is 6.48 Å². The summed E-state index contributed by atoms with van der Waals surface area (Å²) in [6.45, 7) is 7.15. The molecular formula is C21H23F3N2. The monoisotopic (exact) mass is 360 g/mol. The molecule has 0 bridgehead atoms. The molecule has 0 aliphatic carbocycles. The predicted octanol–water partition coefficient (Wildman–Crippen LogP) is 5.64. The van der Waals surface area contributed by atoms with Crippen LogP contribution in [-0.2, 0) is 12.6 Å². The van der Waals surface area contributed by atoms with E-state index in [-0.39, 0.29) is 5.41 Å². The van der Waals surface area contributed by atoms with Gasteiger partial charge in [0, 0.05) is 36.7 Å². The van der Waals surface area contributed by atoms with Crippen LogP contribution < -0.4 is 9.80 Å². The van der Waals surface area contributed by atoms with E-state index >= 15 is 0 Å². The second-order valence-electron chi connectivity index (χ2n) is 8.13. The Bertz CT molecular complexity index is 822. The zero-order chi connectivity index (χ0) is 18.5. The lowest BCUT2D eigenvalue weighted by atomic mass is 9.80. The molecule has 0 atom stereocenters. The van der Waals surface area contributed by atoms with Gasteiger partial charge in [-0.1, -0.05) is 19.9 Å². The molecule has 0 radical (unpaired) electrons. The summed E-state index contributed by atoms with van der Waals surface area (Å²) in [4.78, 5) is 4.49. The fraction of sp³-hybridized carbons (Fsp3) is 0.429. The molecule has 1 fully saturated rings. The van der Waals surface area contributed by atoms with Gasteiger partial charge in [0.05, 0.1) is 5.56 Å². The second-order valence-corrected chi connectivity index (χ2v) is 8.13. The number of hydrogen-bond acceptors (Lipinski definition) is 2. The maximum absolute atomic E-state index is 13.1. The molecule has 2 aliphatic rings. The maximum Gasteiger partial charge on any atom is 0.416 e. The first-order valence-corrected chi connectivity index (χ1v) is 9.06. The summed E-state index contributed by atoms with van der Waals surface area (Å²) in [5, 5.41) is 0. The summed E-state index contributed by atoms with van der Waals surface area (Å²) in [5.74, 6) is 0. The van der Waals surface area contributed by atoms with Gasteiger partial charge in [-0.25, -0.2) is 0 Å². The fourth-order valence-electron chi connectivity index (χ4n) is 3.91. The van der Waals surface area contributed by atoms with Gasteiger partial charge in [0.25, 0.3) is 0 Å². The summed E-state index contributed by atoms with van der Waals surface area (Å²) >= 11 is 0. The van der Waals surface area contributed by atoms with Crippen molar-refractivity contribution >= 4 is 17.1 Å². The Hall–Kier alpha value is -2.17. The number of anilines is 3. The van der Waals surface area contributed by atoms with Crippen molar-refractivity contribution in [2.75, 3.05) is 29.4 Å². The van der Waals surface area contributed by atoms with Crippen LogP contribution in [0, 0.1) is 5.41 Å². The Morgan fingerprint density at radius 3 is 2.35 bits per heavy atom. The molecule has 0 saturated carbocycles. The summed E-state index contributed by atoms with van der Waals surface area (Å²) in [6, 6.07) is 12.5. The second kappa shape index (κ2) is 5.93. The van der Waals surface area contributed by atoms with Crippen LogP contribution in [0.25, 0.3) is 0 Å². The highest BCUT2D eigenvalue weighted by atomic mass is 19.4. The first kappa shape index (κ1) is 17.3. The van der Waals surface area contributed by atoms with Crippen molar-refractivity contribution in [1.82, 2.24) is 0 Å². The van der Waals surface area contributed by atoms with Crippen molar-refractivity contribution in [2.24, 2.45) is 5.41 Å². The summed E-state index contributed by atoms with van der Waals surface area (Å²) in [5.41, 5.74) is 3.23. The minimum absolute atomic E-state index is 0.0933. The SMILES string of the molecule is CC1(C)Cc2cc(C(F)(F)F)ccc2N(c2cccc(N3CCC3)c2)C1. The Morgan fingerprint density at radius 1 is 0.962 bits per heavy atom. The van der Waals surface area contributed by atoms with E-state index in [9.17, 15) is 13.2 Å². The molecular weight excluding hydrogens is 337 g/mol. The Kier molecular flexibility index (Phi) is 3.94. The smallest absolute Gasteiger partial charge is 0.371 e. The standard InChI is InChI=1S/C21H23F3N2/c1-20(2)13-15-11-16(21(22,23)24)7-8-19(15)26(14-20)18-6-3-5-17(12-18)25-9-4-10-25/h3,5-8,11-12H,4,9-10,13-14H2,1-2H3. The number of alkyl halides is 3. The van der Waals surface area contributed by atoms with E-state index < -0.39 is 11.7 Å². The lowest BCUT2D eigenvalue weighted by molar-refractivity contribution is -0.137. The number of fused-ring (bicyclic) bond motifs is 1. The number of benzene rings is 2. The average molecular weight is 360 g/mol. The van der Waals surface area contributed by atoms with Crippen molar-refractivity contribution in [3.05, 3.63) is 53.6 Å². The van der Waals surface area contributed by atoms with Crippen molar-refractivity contribution in [3.8, 4) is 0 Å². The van der Waals surface area contributed by atoms with Crippen LogP contribution in [0.3, 0.4) is 0 Å². The largest absolute Gasteiger partial charge is 0.416 e. The van der Waals surface area contributed by atoms with E-state index in [4.69, 9.17) is 0 Å². The molecule has 1 saturated heterocycles. The third-order valence-corrected chi connectivity index (χ3v) is 5.32. The highest BCUT2D eigenvalue weighted by Crippen LogP contribution is 2.43. The maximum atomic E-state index is 13.1. The van der Waals surface area contributed by atoms with Crippen LogP contribution in [0.1, 0.15) is 31.4 Å². The number of halogens is 3. The lowest BCUT2D eigenvalue weighted by Gasteiger charge is -2.41. The van der Waals surface area contributed by atoms with Crippen molar-refractivity contribution in [1.29, 1.82) is 0 Å². The van der Waals surface area contributed by atoms with Gasteiger partial charge in [-0.2, -0.15) is 13.2 Å². The van der Waals surface area contributed by atoms with Crippen LogP contribution in [0.15, 0.2) is 42.5 Å². The molecule has 138 valence electrons. The van der Waals surface area contributed by atoms with E-state index in [0.717, 1.165) is 36.6 Å². The highest BCUT2D eigenvalue weighted by molar-refractivity contribution is 5.72. The Balaban J connectivity index is 1.76. The minimum atomic E-state index is -4.31. The molecule has 0 unspecified atom stereocenters. The third-order valence-electron chi connectivity index (χ3n) is 5.32. The molecule has 2 aromatic rings. The predicted molar refractivity (Wildman–Crippen MR) is 99.2 cm³/mol. The minimum Gasteiger partial charge on any atom is -0.371 e. The van der Waals surface area contributed by atoms with Crippen LogP contribution in [0.4, 0.5) is 30.2 Å². The zero-order valence-corrected chi connectivity index (χ0v) is 15.1. The number of nitrogens with zero attached hydrogens (tertiary/aromatic N) is 2. The molecule has 2 nitrogen and oxygen atoms in total. The average Bonchev–Trinajstić information content (AvgIpc) is 2.50. The van der Waals surface area contributed by atoms with Gasteiger partial charge in [0.1, 0.15) is 0 Å². The van der Waals surface area contributed by atoms with Gasteiger partial charge in [-0.3, -0.25) is 0 Å². The van der Waals surface area contributed by atoms with E-state index in [1.165, 1.54) is 24.2 Å². The summed E-state index contributed by atoms with van der Waals surface area (Å²) in [6.07, 6.45) is -2.45. The Morgan fingerprint density at radius 2 is 1.69 bits per heavy atom. The van der Waals surface area contributed by atoms with Crippen LogP contribution >= 0.6 is 0 Å². The van der Waals surface area contributed by atoms with Gasteiger partial charge in [0.15, 0.2) is 0 Å². The fourth-order valence-corrected chi connectivity index (χ4v) is 3.91. The number of rotatable bonds is 2. The van der Waals surface area contributed by atoms with E-state index in [1.54, 1.807) is 6.07 Å². The molecule has 0 N–H and O–H groups in total. The van der Waals surface area contributed by atoms with Gasteiger partial charge < -0.3 is 9.80 Å². The third kappa shape index (κ3) is 3.15. The van der Waals surface area contributed by atoms with E-state index in [0.29, 0.717) is 6.42 Å². The van der Waals surface area contributed by atoms with Crippen molar-refractivity contribution in [2.45, 2.75) is 32.9 Å². The molecule has 2 aromatic carbocycles. The zero-order valence-electron chi connectivity index (χ0n) is 15.1. The Labute approximate surface area is 152 Å². The van der Waals surface area contributed by atoms with Crippen LogP contribution in [-0.4, -0.2) is 19.6 Å². The van der Waals surface area contributed by atoms with Crippen molar-refractivity contribution in [3.63, 3.8) is 0 Å². The summed E-state index contributed by atoms with van der Waals surface area (Å²) < 4.78 is 39.4. The quantitative estimate of drug-likeness (QED) is 0.684.